The molecule has 1 aliphatic heterocycles. The largest absolute Gasteiger partial charge is 0.494 e. The summed E-state index contributed by atoms with van der Waals surface area (Å²) in [6.07, 6.45) is 3.74. The summed E-state index contributed by atoms with van der Waals surface area (Å²) >= 11 is 0. The zero-order valence-electron chi connectivity index (χ0n) is 13.6. The molecule has 1 atom stereocenters. The fourth-order valence-corrected chi connectivity index (χ4v) is 2.96. The maximum atomic E-state index is 5.73. The second-order valence-electron chi connectivity index (χ2n) is 6.04. The summed E-state index contributed by atoms with van der Waals surface area (Å²) in [4.78, 5) is 2.55. The van der Waals surface area contributed by atoms with Crippen LogP contribution < -0.4 is 10.1 Å². The van der Waals surface area contributed by atoms with Gasteiger partial charge < -0.3 is 10.1 Å². The maximum absolute atomic E-state index is 5.73. The number of nitrogens with one attached hydrogen (secondary N) is 1. The molecule has 21 heavy (non-hydrogen) atoms. The van der Waals surface area contributed by atoms with Gasteiger partial charge in [-0.2, -0.15) is 0 Å². The van der Waals surface area contributed by atoms with Crippen LogP contribution in [0.1, 0.15) is 38.7 Å². The topological polar surface area (TPSA) is 24.5 Å². The average Bonchev–Trinajstić information content (AvgIpc) is 2.53. The van der Waals surface area contributed by atoms with Crippen molar-refractivity contribution in [3.63, 3.8) is 0 Å². The summed E-state index contributed by atoms with van der Waals surface area (Å²) in [5.41, 5.74) is 1.36. The van der Waals surface area contributed by atoms with E-state index in [-0.39, 0.29) is 0 Å². The van der Waals surface area contributed by atoms with Gasteiger partial charge in [0.05, 0.1) is 6.61 Å². The number of nitrogens with zero attached hydrogens (tertiary/aromatic N) is 1. The van der Waals surface area contributed by atoms with Gasteiger partial charge in [-0.25, -0.2) is 0 Å². The van der Waals surface area contributed by atoms with Crippen molar-refractivity contribution in [2.24, 2.45) is 5.92 Å². The van der Waals surface area contributed by atoms with Gasteiger partial charge in [-0.15, -0.1) is 0 Å². The molecule has 1 unspecified atom stereocenters. The van der Waals surface area contributed by atoms with Crippen molar-refractivity contribution < 1.29 is 4.74 Å². The molecule has 0 saturated carbocycles. The Kier molecular flexibility index (Phi) is 7.04. The smallest absolute Gasteiger partial charge is 0.119 e. The number of benzene rings is 1. The van der Waals surface area contributed by atoms with Gasteiger partial charge in [0.15, 0.2) is 0 Å². The zero-order chi connectivity index (χ0) is 14.9. The molecule has 1 aromatic rings. The van der Waals surface area contributed by atoms with Crippen LogP contribution in [0.15, 0.2) is 24.3 Å². The summed E-state index contributed by atoms with van der Waals surface area (Å²) < 4.78 is 5.73. The van der Waals surface area contributed by atoms with E-state index in [1.54, 1.807) is 0 Å². The number of ether oxygens (including phenoxy) is 1. The van der Waals surface area contributed by atoms with E-state index in [2.05, 4.69) is 48.3 Å². The fraction of sp³-hybridized carbons (Fsp3) is 0.667. The first kappa shape index (κ1) is 16.3. The van der Waals surface area contributed by atoms with Crippen LogP contribution in [-0.4, -0.2) is 37.7 Å². The Morgan fingerprint density at radius 1 is 1.33 bits per heavy atom. The number of piperidine rings is 1. The molecule has 0 aromatic heterocycles. The molecule has 1 aromatic carbocycles. The van der Waals surface area contributed by atoms with Gasteiger partial charge in [0, 0.05) is 13.1 Å². The lowest BCUT2D eigenvalue weighted by molar-refractivity contribution is 0.209. The van der Waals surface area contributed by atoms with E-state index in [1.807, 2.05) is 0 Å². The van der Waals surface area contributed by atoms with Crippen LogP contribution in [-0.2, 0) is 6.54 Å². The normalized spacial score (nSPS) is 18.9. The fourth-order valence-electron chi connectivity index (χ4n) is 2.96. The van der Waals surface area contributed by atoms with Crippen LogP contribution in [0.4, 0.5) is 0 Å². The third-order valence-corrected chi connectivity index (χ3v) is 4.14. The number of rotatable bonds is 8. The van der Waals surface area contributed by atoms with Crippen LogP contribution in [0.5, 0.6) is 5.75 Å². The van der Waals surface area contributed by atoms with Gasteiger partial charge in [0.2, 0.25) is 0 Å². The van der Waals surface area contributed by atoms with Crippen LogP contribution in [0.25, 0.3) is 0 Å². The van der Waals surface area contributed by atoms with Gasteiger partial charge in [0.25, 0.3) is 0 Å². The Balaban J connectivity index is 1.87. The van der Waals surface area contributed by atoms with Gasteiger partial charge in [-0.3, -0.25) is 4.90 Å². The number of hydrogen-bond donors (Lipinski definition) is 1. The zero-order valence-corrected chi connectivity index (χ0v) is 13.6. The molecule has 2 rings (SSSR count). The monoisotopic (exact) mass is 290 g/mol. The molecule has 1 fully saturated rings. The van der Waals surface area contributed by atoms with Crippen molar-refractivity contribution in [2.45, 2.75) is 39.7 Å². The van der Waals surface area contributed by atoms with E-state index < -0.39 is 0 Å². The minimum absolute atomic E-state index is 0.800. The molecule has 1 N–H and O–H groups in total. The Morgan fingerprint density at radius 3 is 2.95 bits per heavy atom. The summed E-state index contributed by atoms with van der Waals surface area (Å²) in [6, 6.07) is 8.56. The Labute approximate surface area is 129 Å². The minimum atomic E-state index is 0.800. The van der Waals surface area contributed by atoms with Crippen molar-refractivity contribution >= 4 is 0 Å². The van der Waals surface area contributed by atoms with Crippen LogP contribution in [0.2, 0.25) is 0 Å². The standard InChI is InChI=1S/C18H30N2O/c1-3-11-21-18-9-5-7-16(12-18)14-20(4-2)15-17-8-6-10-19-13-17/h5,7,9,12,17,19H,3-4,6,8,10-11,13-15H2,1-2H3. The average molecular weight is 290 g/mol. The Morgan fingerprint density at radius 2 is 2.24 bits per heavy atom. The third-order valence-electron chi connectivity index (χ3n) is 4.14. The van der Waals surface area contributed by atoms with Crippen molar-refractivity contribution in [3.05, 3.63) is 29.8 Å². The van der Waals surface area contributed by atoms with Crippen LogP contribution in [0.3, 0.4) is 0 Å². The minimum Gasteiger partial charge on any atom is -0.494 e. The maximum Gasteiger partial charge on any atom is 0.119 e. The van der Waals surface area contributed by atoms with Crippen molar-refractivity contribution in [3.8, 4) is 5.75 Å². The van der Waals surface area contributed by atoms with Crippen molar-refractivity contribution in [1.29, 1.82) is 0 Å². The van der Waals surface area contributed by atoms with E-state index >= 15 is 0 Å². The summed E-state index contributed by atoms with van der Waals surface area (Å²) in [5.74, 6) is 1.81. The first-order valence-corrected chi connectivity index (χ1v) is 8.46. The van der Waals surface area contributed by atoms with Crippen molar-refractivity contribution in [1.82, 2.24) is 10.2 Å². The van der Waals surface area contributed by atoms with Gasteiger partial charge >= 0.3 is 0 Å². The molecule has 0 amide bonds. The molecule has 1 saturated heterocycles. The molecule has 0 bridgehead atoms. The predicted molar refractivity (Wildman–Crippen MR) is 88.8 cm³/mol. The molecule has 1 aliphatic rings. The van der Waals surface area contributed by atoms with E-state index in [0.717, 1.165) is 37.8 Å². The molecule has 1 heterocycles. The first-order valence-electron chi connectivity index (χ1n) is 8.46. The first-order chi connectivity index (χ1) is 10.3. The van der Waals surface area contributed by atoms with Gasteiger partial charge in [0.1, 0.15) is 5.75 Å². The van der Waals surface area contributed by atoms with E-state index in [1.165, 1.54) is 38.0 Å². The predicted octanol–water partition coefficient (Wildman–Crippen LogP) is 3.30. The van der Waals surface area contributed by atoms with E-state index in [9.17, 15) is 0 Å². The molecule has 0 spiro atoms. The summed E-state index contributed by atoms with van der Waals surface area (Å²) in [5, 5.41) is 3.51. The lowest BCUT2D eigenvalue weighted by Crippen LogP contribution is -2.38. The molecule has 0 aliphatic carbocycles. The molecule has 3 nitrogen and oxygen atoms in total. The Bertz CT molecular complexity index is 402. The lowest BCUT2D eigenvalue weighted by Gasteiger charge is -2.29. The second-order valence-corrected chi connectivity index (χ2v) is 6.04. The number of hydrogen-bond acceptors (Lipinski definition) is 3. The summed E-state index contributed by atoms with van der Waals surface area (Å²) in [7, 11) is 0. The molecule has 118 valence electrons. The second kappa shape index (κ2) is 9.06. The highest BCUT2D eigenvalue weighted by Crippen LogP contribution is 2.17. The highest BCUT2D eigenvalue weighted by Gasteiger charge is 2.16. The molecular weight excluding hydrogens is 260 g/mol. The van der Waals surface area contributed by atoms with Crippen LogP contribution in [0, 0.1) is 5.92 Å². The van der Waals surface area contributed by atoms with Gasteiger partial charge in [-0.05, 0) is 62.5 Å². The Hall–Kier alpha value is -1.06. The van der Waals surface area contributed by atoms with E-state index in [0.29, 0.717) is 0 Å². The SMILES string of the molecule is CCCOc1cccc(CN(CC)CC2CCCNC2)c1. The van der Waals surface area contributed by atoms with E-state index in [4.69, 9.17) is 4.74 Å². The highest BCUT2D eigenvalue weighted by molar-refractivity contribution is 5.28. The van der Waals surface area contributed by atoms with Gasteiger partial charge in [-0.1, -0.05) is 26.0 Å². The lowest BCUT2D eigenvalue weighted by atomic mass is 9.99. The quantitative estimate of drug-likeness (QED) is 0.795. The van der Waals surface area contributed by atoms with Crippen molar-refractivity contribution in [2.75, 3.05) is 32.8 Å². The highest BCUT2D eigenvalue weighted by atomic mass is 16.5. The molecular formula is C18H30N2O. The molecule has 0 radical (unpaired) electrons. The van der Waals surface area contributed by atoms with Crippen LogP contribution >= 0.6 is 0 Å². The summed E-state index contributed by atoms with van der Waals surface area (Å²) in [6.45, 7) is 10.9. The molecule has 3 heteroatoms. The third kappa shape index (κ3) is 5.68.